The first-order valence-electron chi connectivity index (χ1n) is 10.6. The summed E-state index contributed by atoms with van der Waals surface area (Å²) >= 11 is 1.41. The number of aliphatic hydroxyl groups is 1. The van der Waals surface area contributed by atoms with Gasteiger partial charge in [0, 0.05) is 32.7 Å². The number of aliphatic imine (C=N–C) groups is 1. The Kier molecular flexibility index (Phi) is 7.47. The van der Waals surface area contributed by atoms with E-state index < -0.39 is 0 Å². The Balaban J connectivity index is 1.40. The Labute approximate surface area is 192 Å². The average molecular weight is 454 g/mol. The fourth-order valence-corrected chi connectivity index (χ4v) is 4.58. The quantitative estimate of drug-likeness (QED) is 0.646. The number of carbonyl (C=O) groups excluding carboxylic acids is 1. The summed E-state index contributed by atoms with van der Waals surface area (Å²) in [4.78, 5) is 21.7. The van der Waals surface area contributed by atoms with Crippen molar-refractivity contribution in [3.63, 3.8) is 0 Å². The molecule has 0 saturated carbocycles. The second kappa shape index (κ2) is 10.7. The minimum atomic E-state index is -0.217. The van der Waals surface area contributed by atoms with Crippen LogP contribution >= 0.6 is 11.8 Å². The number of methoxy groups -OCH3 is 1. The van der Waals surface area contributed by atoms with Gasteiger partial charge in [0.05, 0.1) is 18.6 Å². The second-order valence-electron chi connectivity index (χ2n) is 7.55. The highest BCUT2D eigenvalue weighted by Crippen LogP contribution is 2.34. The van der Waals surface area contributed by atoms with Crippen LogP contribution in [-0.4, -0.2) is 72.4 Å². The van der Waals surface area contributed by atoms with E-state index in [4.69, 9.17) is 14.6 Å². The van der Waals surface area contributed by atoms with E-state index in [1.807, 2.05) is 54.6 Å². The SMILES string of the molecule is COc1cc(C=C2SC(N3CCN(CCO)CC3)=NC2=O)ccc1OCc1ccccc1. The molecule has 0 unspecified atom stereocenters. The van der Waals surface area contributed by atoms with Crippen molar-refractivity contribution in [2.75, 3.05) is 46.4 Å². The lowest BCUT2D eigenvalue weighted by Gasteiger charge is -2.34. The predicted molar refractivity (Wildman–Crippen MR) is 127 cm³/mol. The molecule has 2 aromatic carbocycles. The van der Waals surface area contributed by atoms with Gasteiger partial charge >= 0.3 is 0 Å². The van der Waals surface area contributed by atoms with Crippen LogP contribution in [0, 0.1) is 0 Å². The molecule has 1 saturated heterocycles. The highest BCUT2D eigenvalue weighted by atomic mass is 32.2. The number of rotatable bonds is 7. The van der Waals surface area contributed by atoms with E-state index in [2.05, 4.69) is 14.8 Å². The van der Waals surface area contributed by atoms with Gasteiger partial charge in [-0.25, -0.2) is 0 Å². The Hall–Kier alpha value is -2.81. The van der Waals surface area contributed by atoms with Crippen molar-refractivity contribution < 1.29 is 19.4 Å². The van der Waals surface area contributed by atoms with Crippen molar-refractivity contribution in [1.29, 1.82) is 0 Å². The Morgan fingerprint density at radius 3 is 2.59 bits per heavy atom. The van der Waals surface area contributed by atoms with Crippen LogP contribution < -0.4 is 9.47 Å². The minimum Gasteiger partial charge on any atom is -0.493 e. The van der Waals surface area contributed by atoms with Gasteiger partial charge in [-0.05, 0) is 41.1 Å². The first kappa shape index (κ1) is 22.4. The summed E-state index contributed by atoms with van der Waals surface area (Å²) in [6, 6.07) is 15.6. The predicted octanol–water partition coefficient (Wildman–Crippen LogP) is 2.85. The molecule has 1 amide bonds. The molecule has 1 N–H and O–H groups in total. The van der Waals surface area contributed by atoms with E-state index in [-0.39, 0.29) is 12.5 Å². The number of piperazine rings is 1. The van der Waals surface area contributed by atoms with Crippen molar-refractivity contribution in [2.24, 2.45) is 4.99 Å². The molecule has 7 nitrogen and oxygen atoms in total. The maximum atomic E-state index is 12.5. The van der Waals surface area contributed by atoms with E-state index in [1.54, 1.807) is 7.11 Å². The van der Waals surface area contributed by atoms with Crippen LogP contribution in [0.1, 0.15) is 11.1 Å². The van der Waals surface area contributed by atoms with Gasteiger partial charge < -0.3 is 19.5 Å². The Morgan fingerprint density at radius 1 is 1.09 bits per heavy atom. The van der Waals surface area contributed by atoms with Crippen molar-refractivity contribution in [3.8, 4) is 11.5 Å². The standard InChI is InChI=1S/C24H27N3O4S/c1-30-21-15-19(7-8-20(21)31-17-18-5-3-2-4-6-18)16-22-23(29)25-24(32-22)27-11-9-26(10-12-27)13-14-28/h2-8,15-16,28H,9-14,17H2,1H3. The molecule has 0 radical (unpaired) electrons. The van der Waals surface area contributed by atoms with Crippen LogP contribution in [0.15, 0.2) is 58.4 Å². The fraction of sp³-hybridized carbons (Fsp3) is 0.333. The monoisotopic (exact) mass is 453 g/mol. The van der Waals surface area contributed by atoms with Crippen molar-refractivity contribution in [1.82, 2.24) is 9.80 Å². The van der Waals surface area contributed by atoms with Crippen LogP contribution in [0.25, 0.3) is 6.08 Å². The minimum absolute atomic E-state index is 0.167. The third kappa shape index (κ3) is 5.51. The molecule has 4 rings (SSSR count). The lowest BCUT2D eigenvalue weighted by molar-refractivity contribution is -0.113. The number of amides is 1. The molecule has 2 aliphatic heterocycles. The Morgan fingerprint density at radius 2 is 1.88 bits per heavy atom. The van der Waals surface area contributed by atoms with Crippen LogP contribution in [-0.2, 0) is 11.4 Å². The lowest BCUT2D eigenvalue weighted by atomic mass is 10.2. The normalized spacial score (nSPS) is 18.2. The van der Waals surface area contributed by atoms with Gasteiger partial charge in [0.15, 0.2) is 16.7 Å². The van der Waals surface area contributed by atoms with Gasteiger partial charge in [-0.1, -0.05) is 36.4 Å². The van der Waals surface area contributed by atoms with Gasteiger partial charge in [0.1, 0.15) is 6.61 Å². The molecule has 2 aromatic rings. The van der Waals surface area contributed by atoms with Crippen LogP contribution in [0.3, 0.4) is 0 Å². The number of amidine groups is 1. The smallest absolute Gasteiger partial charge is 0.286 e. The fourth-order valence-electron chi connectivity index (χ4n) is 3.62. The highest BCUT2D eigenvalue weighted by molar-refractivity contribution is 8.18. The number of β-amino-alcohol motifs (C(OH)–C–C–N with tert-alkyl or cyclic N) is 1. The number of ether oxygens (including phenoxy) is 2. The molecular weight excluding hydrogens is 426 g/mol. The van der Waals surface area contributed by atoms with Gasteiger partial charge in [0.25, 0.3) is 5.91 Å². The molecule has 8 heteroatoms. The molecule has 0 atom stereocenters. The van der Waals surface area contributed by atoms with Crippen molar-refractivity contribution in [3.05, 3.63) is 64.6 Å². The molecule has 2 aliphatic rings. The molecule has 168 valence electrons. The number of benzene rings is 2. The van der Waals surface area contributed by atoms with E-state index >= 15 is 0 Å². The molecular formula is C24H27N3O4S. The molecule has 2 heterocycles. The number of aliphatic hydroxyl groups excluding tert-OH is 1. The summed E-state index contributed by atoms with van der Waals surface area (Å²) in [6.45, 7) is 4.62. The number of hydrogen-bond donors (Lipinski definition) is 1. The summed E-state index contributed by atoms with van der Waals surface area (Å²) in [5.74, 6) is 1.06. The van der Waals surface area contributed by atoms with Crippen molar-refractivity contribution in [2.45, 2.75) is 6.61 Å². The molecule has 1 fully saturated rings. The molecule has 0 bridgehead atoms. The highest BCUT2D eigenvalue weighted by Gasteiger charge is 2.28. The van der Waals surface area contributed by atoms with E-state index in [0.29, 0.717) is 29.6 Å². The summed E-state index contributed by atoms with van der Waals surface area (Å²) in [6.07, 6.45) is 1.84. The lowest BCUT2D eigenvalue weighted by Crippen LogP contribution is -2.48. The largest absolute Gasteiger partial charge is 0.493 e. The second-order valence-corrected chi connectivity index (χ2v) is 8.56. The molecule has 0 spiro atoms. The topological polar surface area (TPSA) is 74.6 Å². The molecule has 0 aromatic heterocycles. The number of nitrogens with zero attached hydrogens (tertiary/aromatic N) is 3. The summed E-state index contributed by atoms with van der Waals surface area (Å²) < 4.78 is 11.4. The third-order valence-electron chi connectivity index (χ3n) is 5.39. The van der Waals surface area contributed by atoms with E-state index in [0.717, 1.165) is 42.5 Å². The third-order valence-corrected chi connectivity index (χ3v) is 6.44. The van der Waals surface area contributed by atoms with Gasteiger partial charge in [0.2, 0.25) is 0 Å². The first-order chi connectivity index (χ1) is 15.7. The zero-order chi connectivity index (χ0) is 22.3. The number of hydrogen-bond acceptors (Lipinski definition) is 7. The summed E-state index contributed by atoms with van der Waals surface area (Å²) in [7, 11) is 1.61. The van der Waals surface area contributed by atoms with Crippen LogP contribution in [0.5, 0.6) is 11.5 Å². The van der Waals surface area contributed by atoms with Crippen LogP contribution in [0.4, 0.5) is 0 Å². The summed E-state index contributed by atoms with van der Waals surface area (Å²) in [5.41, 5.74) is 1.93. The van der Waals surface area contributed by atoms with Crippen LogP contribution in [0.2, 0.25) is 0 Å². The maximum Gasteiger partial charge on any atom is 0.286 e. The average Bonchev–Trinajstić information content (AvgIpc) is 3.19. The summed E-state index contributed by atoms with van der Waals surface area (Å²) in [5, 5.41) is 9.84. The zero-order valence-electron chi connectivity index (χ0n) is 18.1. The number of thioether (sulfide) groups is 1. The maximum absolute atomic E-state index is 12.5. The molecule has 0 aliphatic carbocycles. The van der Waals surface area contributed by atoms with Gasteiger partial charge in [-0.15, -0.1) is 0 Å². The first-order valence-corrected chi connectivity index (χ1v) is 11.4. The Bertz CT molecular complexity index is 1000. The van der Waals surface area contributed by atoms with Crippen molar-refractivity contribution >= 4 is 28.9 Å². The molecule has 32 heavy (non-hydrogen) atoms. The number of carbonyl (C=O) groups is 1. The van der Waals surface area contributed by atoms with Gasteiger partial charge in [-0.3, -0.25) is 9.69 Å². The van der Waals surface area contributed by atoms with E-state index in [1.165, 1.54) is 11.8 Å². The van der Waals surface area contributed by atoms with Gasteiger partial charge in [-0.2, -0.15) is 4.99 Å². The van der Waals surface area contributed by atoms with E-state index in [9.17, 15) is 4.79 Å². The zero-order valence-corrected chi connectivity index (χ0v) is 18.9.